The zero-order chi connectivity index (χ0) is 12.1. The second-order valence-electron chi connectivity index (χ2n) is 3.53. The van der Waals surface area contributed by atoms with Crippen molar-refractivity contribution < 1.29 is 9.47 Å². The smallest absolute Gasteiger partial charge is 0.133 e. The number of halogens is 1. The van der Waals surface area contributed by atoms with Gasteiger partial charge in [0.15, 0.2) is 0 Å². The fourth-order valence-electron chi connectivity index (χ4n) is 1.54. The van der Waals surface area contributed by atoms with Crippen molar-refractivity contribution in [1.29, 1.82) is 0 Å². The third kappa shape index (κ3) is 3.12. The zero-order valence-corrected chi connectivity index (χ0v) is 11.7. The lowest BCUT2D eigenvalue weighted by Gasteiger charge is -2.10. The van der Waals surface area contributed by atoms with Gasteiger partial charge in [0.05, 0.1) is 10.7 Å². The van der Waals surface area contributed by atoms with Crippen LogP contribution >= 0.6 is 22.6 Å². The summed E-state index contributed by atoms with van der Waals surface area (Å²) in [6.45, 7) is 0.518. The molecule has 3 heteroatoms. The molecule has 0 spiro atoms. The average molecular weight is 340 g/mol. The summed E-state index contributed by atoms with van der Waals surface area (Å²) < 4.78 is 12.2. The van der Waals surface area contributed by atoms with Crippen molar-refractivity contribution in [3.8, 4) is 11.5 Å². The van der Waals surface area contributed by atoms with Crippen LogP contribution in [0.25, 0.3) is 0 Å². The van der Waals surface area contributed by atoms with Crippen LogP contribution in [0.1, 0.15) is 5.56 Å². The van der Waals surface area contributed by atoms with Crippen LogP contribution in [0.2, 0.25) is 0 Å². The molecule has 0 heterocycles. The Bertz CT molecular complexity index is 497. The molecular formula is C14H13IO2. The summed E-state index contributed by atoms with van der Waals surface area (Å²) in [7, 11) is 1.67. The maximum Gasteiger partial charge on any atom is 0.133 e. The maximum atomic E-state index is 5.78. The van der Waals surface area contributed by atoms with Crippen LogP contribution in [0.3, 0.4) is 0 Å². The van der Waals surface area contributed by atoms with Gasteiger partial charge in [0.1, 0.15) is 18.1 Å². The minimum absolute atomic E-state index is 0.518. The summed E-state index contributed by atoms with van der Waals surface area (Å²) in [5.74, 6) is 1.76. The van der Waals surface area contributed by atoms with E-state index in [2.05, 4.69) is 22.6 Å². The first-order chi connectivity index (χ1) is 8.31. The Kier molecular flexibility index (Phi) is 4.25. The first-order valence-corrected chi connectivity index (χ1v) is 6.38. The van der Waals surface area contributed by atoms with Crippen LogP contribution in [0, 0.1) is 3.57 Å². The van der Waals surface area contributed by atoms with Gasteiger partial charge in [-0.05, 0) is 40.8 Å². The predicted octanol–water partition coefficient (Wildman–Crippen LogP) is 3.88. The molecular weight excluding hydrogens is 327 g/mol. The molecule has 0 aliphatic carbocycles. The van der Waals surface area contributed by atoms with Crippen LogP contribution in [0.5, 0.6) is 11.5 Å². The van der Waals surface area contributed by atoms with Crippen molar-refractivity contribution >= 4 is 22.6 Å². The monoisotopic (exact) mass is 340 g/mol. The normalized spacial score (nSPS) is 10.0. The van der Waals surface area contributed by atoms with Gasteiger partial charge in [-0.15, -0.1) is 0 Å². The molecule has 0 radical (unpaired) electrons. The molecule has 0 fully saturated rings. The quantitative estimate of drug-likeness (QED) is 0.787. The Morgan fingerprint density at radius 3 is 2.29 bits per heavy atom. The number of benzene rings is 2. The summed E-state index contributed by atoms with van der Waals surface area (Å²) in [4.78, 5) is 0. The predicted molar refractivity (Wildman–Crippen MR) is 76.5 cm³/mol. The number of hydrogen-bond donors (Lipinski definition) is 0. The molecule has 17 heavy (non-hydrogen) atoms. The average Bonchev–Trinajstić information content (AvgIpc) is 2.38. The van der Waals surface area contributed by atoms with E-state index >= 15 is 0 Å². The van der Waals surface area contributed by atoms with Gasteiger partial charge in [0.25, 0.3) is 0 Å². The zero-order valence-electron chi connectivity index (χ0n) is 9.52. The third-order valence-corrected chi connectivity index (χ3v) is 3.30. The Morgan fingerprint density at radius 1 is 0.941 bits per heavy atom. The molecule has 0 bridgehead atoms. The summed E-state index contributed by atoms with van der Waals surface area (Å²) in [5, 5.41) is 0. The van der Waals surface area contributed by atoms with Gasteiger partial charge in [0, 0.05) is 5.56 Å². The molecule has 2 nitrogen and oxygen atoms in total. The van der Waals surface area contributed by atoms with E-state index in [-0.39, 0.29) is 0 Å². The van der Waals surface area contributed by atoms with Gasteiger partial charge in [-0.25, -0.2) is 0 Å². The fourth-order valence-corrected chi connectivity index (χ4v) is 2.08. The van der Waals surface area contributed by atoms with Crippen LogP contribution in [-0.2, 0) is 6.61 Å². The van der Waals surface area contributed by atoms with Crippen molar-refractivity contribution in [1.82, 2.24) is 0 Å². The van der Waals surface area contributed by atoms with Crippen LogP contribution in [0.15, 0.2) is 48.5 Å². The number of hydrogen-bond acceptors (Lipinski definition) is 2. The molecule has 0 N–H and O–H groups in total. The van der Waals surface area contributed by atoms with Gasteiger partial charge in [-0.2, -0.15) is 0 Å². The lowest BCUT2D eigenvalue weighted by Crippen LogP contribution is -1.99. The molecule has 0 aliphatic heterocycles. The lowest BCUT2D eigenvalue weighted by molar-refractivity contribution is 0.294. The van der Waals surface area contributed by atoms with E-state index < -0.39 is 0 Å². The highest BCUT2D eigenvalue weighted by atomic mass is 127. The molecule has 0 aromatic heterocycles. The highest BCUT2D eigenvalue weighted by Crippen LogP contribution is 2.23. The number of rotatable bonds is 4. The summed E-state index contributed by atoms with van der Waals surface area (Å²) in [5.41, 5.74) is 1.05. The van der Waals surface area contributed by atoms with Gasteiger partial charge < -0.3 is 9.47 Å². The van der Waals surface area contributed by atoms with Gasteiger partial charge in [-0.1, -0.05) is 30.3 Å². The van der Waals surface area contributed by atoms with E-state index in [0.29, 0.717) is 6.61 Å². The Labute approximate surface area is 115 Å². The molecule has 0 saturated carbocycles. The van der Waals surface area contributed by atoms with E-state index in [1.165, 1.54) is 0 Å². The van der Waals surface area contributed by atoms with Crippen molar-refractivity contribution in [2.45, 2.75) is 6.61 Å². The topological polar surface area (TPSA) is 18.5 Å². The number of ether oxygens (including phenoxy) is 2. The van der Waals surface area contributed by atoms with E-state index in [4.69, 9.17) is 9.47 Å². The largest absolute Gasteiger partial charge is 0.496 e. The summed E-state index contributed by atoms with van der Waals surface area (Å²) in [6.07, 6.45) is 0. The van der Waals surface area contributed by atoms with Crippen molar-refractivity contribution in [2.24, 2.45) is 0 Å². The summed E-state index contributed by atoms with van der Waals surface area (Å²) in [6, 6.07) is 15.8. The molecule has 2 aromatic rings. The van der Waals surface area contributed by atoms with Crippen LogP contribution in [0.4, 0.5) is 0 Å². The second-order valence-corrected chi connectivity index (χ2v) is 4.69. The Hall–Kier alpha value is -1.23. The molecule has 0 amide bonds. The molecule has 0 saturated heterocycles. The minimum Gasteiger partial charge on any atom is -0.496 e. The minimum atomic E-state index is 0.518. The van der Waals surface area contributed by atoms with E-state index in [1.54, 1.807) is 7.11 Å². The standard InChI is InChI=1S/C14H13IO2/c1-16-13-8-4-2-6-11(13)10-17-14-9-5-3-7-12(14)15/h2-9H,10H2,1H3. The van der Waals surface area contributed by atoms with E-state index in [0.717, 1.165) is 20.6 Å². The number of para-hydroxylation sites is 2. The first kappa shape index (κ1) is 12.2. The van der Waals surface area contributed by atoms with E-state index in [1.807, 2.05) is 48.5 Å². The Morgan fingerprint density at radius 2 is 1.59 bits per heavy atom. The van der Waals surface area contributed by atoms with Crippen molar-refractivity contribution in [3.05, 3.63) is 57.7 Å². The van der Waals surface area contributed by atoms with Crippen LogP contribution < -0.4 is 9.47 Å². The van der Waals surface area contributed by atoms with Gasteiger partial charge in [-0.3, -0.25) is 0 Å². The first-order valence-electron chi connectivity index (χ1n) is 5.30. The molecule has 2 aromatic carbocycles. The van der Waals surface area contributed by atoms with Crippen molar-refractivity contribution in [3.63, 3.8) is 0 Å². The van der Waals surface area contributed by atoms with Crippen molar-refractivity contribution in [2.75, 3.05) is 7.11 Å². The molecule has 88 valence electrons. The lowest BCUT2D eigenvalue weighted by atomic mass is 10.2. The molecule has 2 rings (SSSR count). The fraction of sp³-hybridized carbons (Fsp3) is 0.143. The second kappa shape index (κ2) is 5.91. The number of methoxy groups -OCH3 is 1. The highest BCUT2D eigenvalue weighted by Gasteiger charge is 2.04. The summed E-state index contributed by atoms with van der Waals surface area (Å²) >= 11 is 2.26. The van der Waals surface area contributed by atoms with Gasteiger partial charge in [0.2, 0.25) is 0 Å². The molecule has 0 atom stereocenters. The van der Waals surface area contributed by atoms with Crippen LogP contribution in [-0.4, -0.2) is 7.11 Å². The molecule has 0 unspecified atom stereocenters. The van der Waals surface area contributed by atoms with Gasteiger partial charge >= 0.3 is 0 Å². The highest BCUT2D eigenvalue weighted by molar-refractivity contribution is 14.1. The van der Waals surface area contributed by atoms with E-state index in [9.17, 15) is 0 Å². The SMILES string of the molecule is COc1ccccc1COc1ccccc1I. The Balaban J connectivity index is 2.10. The maximum absolute atomic E-state index is 5.78. The molecule has 0 aliphatic rings. The third-order valence-electron chi connectivity index (χ3n) is 2.41.